The molecule has 1 aliphatic rings. The molecule has 1 saturated heterocycles. The monoisotopic (exact) mass is 396 g/mol. The second-order valence-electron chi connectivity index (χ2n) is 6.35. The van der Waals surface area contributed by atoms with Crippen molar-refractivity contribution in [2.75, 3.05) is 19.8 Å². The highest BCUT2D eigenvalue weighted by molar-refractivity contribution is 5.81. The summed E-state index contributed by atoms with van der Waals surface area (Å²) in [5.74, 6) is 5.03. The van der Waals surface area contributed by atoms with Gasteiger partial charge in [-0.05, 0) is 11.3 Å². The summed E-state index contributed by atoms with van der Waals surface area (Å²) in [5, 5.41) is 41.6. The van der Waals surface area contributed by atoms with E-state index in [1.54, 1.807) is 0 Å². The van der Waals surface area contributed by atoms with Gasteiger partial charge in [0.15, 0.2) is 0 Å². The molecule has 0 saturated carbocycles. The number of amides is 1. The molecule has 1 fully saturated rings. The summed E-state index contributed by atoms with van der Waals surface area (Å²) in [7, 11) is 0. The summed E-state index contributed by atoms with van der Waals surface area (Å²) in [6.45, 7) is -0.458. The number of unbranched alkanes of at least 4 members (excludes halogenated alkanes) is 1. The van der Waals surface area contributed by atoms with E-state index in [0.717, 1.165) is 0 Å². The second kappa shape index (κ2) is 10.2. The van der Waals surface area contributed by atoms with Crippen molar-refractivity contribution in [2.45, 2.75) is 43.7 Å². The lowest BCUT2D eigenvalue weighted by Gasteiger charge is -2.10. The van der Waals surface area contributed by atoms with Crippen LogP contribution < -0.4 is 11.1 Å². The number of carbonyl (C=O) groups is 1. The highest BCUT2D eigenvalue weighted by atomic mass is 16.6. The summed E-state index contributed by atoms with van der Waals surface area (Å²) in [6.07, 6.45) is 0.160. The number of nitrogens with two attached hydrogens (primary N) is 1. The molecule has 0 radical (unpaired) electrons. The van der Waals surface area contributed by atoms with Gasteiger partial charge in [0, 0.05) is 19.4 Å². The Morgan fingerprint density at radius 1 is 1.54 bits per heavy atom. The fourth-order valence-electron chi connectivity index (χ4n) is 2.73. The number of aliphatic hydroxyl groups is 3. The molecule has 6 N–H and O–H groups in total. The maximum absolute atomic E-state index is 11.4. The number of rotatable bonds is 8. The van der Waals surface area contributed by atoms with E-state index in [2.05, 4.69) is 17.2 Å². The first-order chi connectivity index (χ1) is 13.4. The van der Waals surface area contributed by atoms with Crippen LogP contribution in [0.4, 0.5) is 5.82 Å². The third-order valence-corrected chi connectivity index (χ3v) is 4.25. The minimum atomic E-state index is -0.951. The van der Waals surface area contributed by atoms with Crippen LogP contribution in [-0.4, -0.2) is 68.7 Å². The maximum atomic E-state index is 11.4. The van der Waals surface area contributed by atoms with Crippen LogP contribution in [0.1, 0.15) is 31.1 Å². The average Bonchev–Trinajstić information content (AvgIpc) is 3.26. The van der Waals surface area contributed by atoms with Crippen molar-refractivity contribution in [2.24, 2.45) is 5.73 Å². The fourth-order valence-corrected chi connectivity index (χ4v) is 2.73. The van der Waals surface area contributed by atoms with Gasteiger partial charge >= 0.3 is 5.82 Å². The SMILES string of the molecule is N[C@@H](CO)C(=O)NCCCC#Cc1cc([N+](=O)[O-])n([C@H]2C[C@H](O)[C@@H](CO)O2)c1. The number of nitro groups is 1. The Bertz CT molecular complexity index is 754. The fraction of sp³-hybridized carbons (Fsp3) is 0.588. The normalized spacial score (nSPS) is 22.4. The van der Waals surface area contributed by atoms with Crippen LogP contribution in [0.15, 0.2) is 12.3 Å². The lowest BCUT2D eigenvalue weighted by molar-refractivity contribution is -0.393. The van der Waals surface area contributed by atoms with Gasteiger partial charge in [-0.1, -0.05) is 11.8 Å². The van der Waals surface area contributed by atoms with Crippen LogP contribution in [-0.2, 0) is 9.53 Å². The predicted octanol–water partition coefficient (Wildman–Crippen LogP) is -1.40. The molecule has 2 rings (SSSR count). The Morgan fingerprint density at radius 2 is 2.29 bits per heavy atom. The summed E-state index contributed by atoms with van der Waals surface area (Å²) in [5.41, 5.74) is 5.78. The van der Waals surface area contributed by atoms with E-state index in [-0.39, 0.29) is 18.8 Å². The molecular formula is C17H24N4O7. The quantitative estimate of drug-likeness (QED) is 0.154. The molecule has 11 nitrogen and oxygen atoms in total. The molecular weight excluding hydrogens is 372 g/mol. The van der Waals surface area contributed by atoms with Gasteiger partial charge in [-0.2, -0.15) is 0 Å². The van der Waals surface area contributed by atoms with Gasteiger partial charge in [-0.25, -0.2) is 4.57 Å². The molecule has 1 amide bonds. The predicted molar refractivity (Wildman–Crippen MR) is 96.9 cm³/mol. The van der Waals surface area contributed by atoms with E-state index in [1.807, 2.05) is 0 Å². The van der Waals surface area contributed by atoms with Crippen molar-refractivity contribution in [3.05, 3.63) is 27.9 Å². The second-order valence-corrected chi connectivity index (χ2v) is 6.35. The molecule has 4 atom stereocenters. The minimum absolute atomic E-state index is 0.128. The van der Waals surface area contributed by atoms with E-state index >= 15 is 0 Å². The van der Waals surface area contributed by atoms with Crippen molar-refractivity contribution in [3.8, 4) is 11.8 Å². The van der Waals surface area contributed by atoms with Gasteiger partial charge in [0.05, 0.1) is 30.9 Å². The smallest absolute Gasteiger partial charge is 0.326 e. The summed E-state index contributed by atoms with van der Waals surface area (Å²) >= 11 is 0. The molecule has 0 bridgehead atoms. The van der Waals surface area contributed by atoms with Gasteiger partial charge in [0.1, 0.15) is 18.3 Å². The summed E-state index contributed by atoms with van der Waals surface area (Å²) < 4.78 is 6.75. The molecule has 0 aromatic carbocycles. The Kier molecular flexibility index (Phi) is 7.91. The number of nitrogens with one attached hydrogen (secondary N) is 1. The van der Waals surface area contributed by atoms with Crippen molar-refractivity contribution >= 4 is 11.7 Å². The van der Waals surface area contributed by atoms with Crippen LogP contribution in [0.25, 0.3) is 0 Å². The van der Waals surface area contributed by atoms with Gasteiger partial charge in [-0.3, -0.25) is 4.79 Å². The van der Waals surface area contributed by atoms with Gasteiger partial charge < -0.3 is 41.2 Å². The Hall–Kier alpha value is -2.49. The molecule has 0 spiro atoms. The molecule has 2 heterocycles. The van der Waals surface area contributed by atoms with Crippen LogP contribution in [0.2, 0.25) is 0 Å². The molecule has 28 heavy (non-hydrogen) atoms. The van der Waals surface area contributed by atoms with Crippen LogP contribution in [0, 0.1) is 22.0 Å². The lowest BCUT2D eigenvalue weighted by Crippen LogP contribution is -2.43. The van der Waals surface area contributed by atoms with Crippen molar-refractivity contribution < 1.29 is 29.8 Å². The number of hydrogen-bond donors (Lipinski definition) is 5. The largest absolute Gasteiger partial charge is 0.394 e. The van der Waals surface area contributed by atoms with Gasteiger partial charge in [-0.15, -0.1) is 0 Å². The highest BCUT2D eigenvalue weighted by Gasteiger charge is 2.39. The number of hydrogen-bond acceptors (Lipinski definition) is 8. The molecule has 11 heteroatoms. The molecule has 154 valence electrons. The first-order valence-corrected chi connectivity index (χ1v) is 8.81. The zero-order valence-corrected chi connectivity index (χ0v) is 15.2. The van der Waals surface area contributed by atoms with Crippen molar-refractivity contribution in [1.82, 2.24) is 9.88 Å². The molecule has 1 aliphatic heterocycles. The van der Waals surface area contributed by atoms with E-state index in [4.69, 9.17) is 20.7 Å². The van der Waals surface area contributed by atoms with E-state index in [1.165, 1.54) is 16.8 Å². The zero-order valence-electron chi connectivity index (χ0n) is 15.2. The van der Waals surface area contributed by atoms with Crippen molar-refractivity contribution in [3.63, 3.8) is 0 Å². The molecule has 0 unspecified atom stereocenters. The van der Waals surface area contributed by atoms with E-state index in [0.29, 0.717) is 24.9 Å². The number of carbonyl (C=O) groups excluding carboxylic acids is 1. The zero-order chi connectivity index (χ0) is 20.7. The Morgan fingerprint density at radius 3 is 2.89 bits per heavy atom. The molecule has 1 aromatic heterocycles. The van der Waals surface area contributed by atoms with E-state index < -0.39 is 41.9 Å². The minimum Gasteiger partial charge on any atom is -0.394 e. The standard InChI is InChI=1S/C17H24N4O7/c18-12(9-22)17(25)19-5-3-1-2-4-11-6-15(21(26)27)20(8-11)16-7-13(24)14(10-23)28-16/h6,8,12-14,16,22-24H,1,3,5,7,9-10,18H2,(H,19,25)/t12-,13-,14+,16+/m0/s1. The lowest BCUT2D eigenvalue weighted by atomic mass is 10.2. The topological polar surface area (TPSA) is 173 Å². The molecule has 1 aromatic rings. The van der Waals surface area contributed by atoms with Gasteiger partial charge in [0.2, 0.25) is 12.1 Å². The van der Waals surface area contributed by atoms with E-state index in [9.17, 15) is 20.0 Å². The summed E-state index contributed by atoms with van der Waals surface area (Å²) in [4.78, 5) is 22.1. The number of aromatic nitrogens is 1. The number of aliphatic hydroxyl groups excluding tert-OH is 3. The molecule has 0 aliphatic carbocycles. The van der Waals surface area contributed by atoms with Crippen molar-refractivity contribution in [1.29, 1.82) is 0 Å². The van der Waals surface area contributed by atoms with Gasteiger partial charge in [0.25, 0.3) is 0 Å². The average molecular weight is 396 g/mol. The van der Waals surface area contributed by atoms with Crippen LogP contribution >= 0.6 is 0 Å². The first-order valence-electron chi connectivity index (χ1n) is 8.81. The maximum Gasteiger partial charge on any atom is 0.326 e. The highest BCUT2D eigenvalue weighted by Crippen LogP contribution is 2.33. The van der Waals surface area contributed by atoms with Crippen LogP contribution in [0.3, 0.4) is 0 Å². The third kappa shape index (κ3) is 5.51. The number of nitrogens with zero attached hydrogens (tertiary/aromatic N) is 2. The first kappa shape index (κ1) is 21.8. The Balaban J connectivity index is 1.94. The van der Waals surface area contributed by atoms with Crippen LogP contribution in [0.5, 0.6) is 0 Å². The Labute approximate surface area is 161 Å². The summed E-state index contributed by atoms with van der Waals surface area (Å²) in [6, 6.07) is 0.366. The third-order valence-electron chi connectivity index (χ3n) is 4.25. The number of ether oxygens (including phenoxy) is 1.